The molecule has 2 aromatic carbocycles. The number of ether oxygens (including phenoxy) is 1. The average molecular weight is 362 g/mol. The molecule has 7 heteroatoms. The molecule has 3 rings (SSSR count). The van der Waals surface area contributed by atoms with Crippen LogP contribution < -0.4 is 9.54 Å². The number of rotatable bonds is 3. The molecule has 0 bridgehead atoms. The molecule has 0 aliphatic carbocycles. The summed E-state index contributed by atoms with van der Waals surface area (Å²) in [5.74, 6) is 0.604. The Bertz CT molecular complexity index is 1080. The van der Waals surface area contributed by atoms with Crippen molar-refractivity contribution in [3.05, 3.63) is 52.3 Å². The van der Waals surface area contributed by atoms with Crippen molar-refractivity contribution >= 4 is 31.6 Å². The van der Waals surface area contributed by atoms with Crippen LogP contribution in [0.5, 0.6) is 5.75 Å². The van der Waals surface area contributed by atoms with Gasteiger partial charge in [-0.3, -0.25) is 0 Å². The molecule has 0 saturated heterocycles. The fourth-order valence-electron chi connectivity index (χ4n) is 2.52. The van der Waals surface area contributed by atoms with Gasteiger partial charge in [0.1, 0.15) is 5.75 Å². The summed E-state index contributed by atoms with van der Waals surface area (Å²) in [6, 6.07) is 10.3. The molecule has 1 heterocycles. The molecule has 0 spiro atoms. The molecular formula is C17H18N2O3S2. The van der Waals surface area contributed by atoms with E-state index < -0.39 is 10.0 Å². The maximum absolute atomic E-state index is 12.6. The molecule has 126 valence electrons. The van der Waals surface area contributed by atoms with Crippen LogP contribution in [0.1, 0.15) is 11.1 Å². The molecule has 0 fully saturated rings. The van der Waals surface area contributed by atoms with E-state index in [-0.39, 0.29) is 4.90 Å². The van der Waals surface area contributed by atoms with Crippen LogP contribution in [0.3, 0.4) is 0 Å². The van der Waals surface area contributed by atoms with Crippen molar-refractivity contribution in [3.63, 3.8) is 0 Å². The van der Waals surface area contributed by atoms with Crippen LogP contribution in [0.25, 0.3) is 10.2 Å². The molecule has 0 amide bonds. The van der Waals surface area contributed by atoms with Crippen molar-refractivity contribution in [3.8, 4) is 5.75 Å². The Hall–Kier alpha value is -2.12. The van der Waals surface area contributed by atoms with Gasteiger partial charge < -0.3 is 9.30 Å². The van der Waals surface area contributed by atoms with E-state index in [0.717, 1.165) is 15.8 Å². The van der Waals surface area contributed by atoms with Crippen LogP contribution in [-0.2, 0) is 17.1 Å². The summed E-state index contributed by atoms with van der Waals surface area (Å²) in [5, 5.41) is 0. The van der Waals surface area contributed by atoms with Gasteiger partial charge in [0.15, 0.2) is 0 Å². The maximum atomic E-state index is 12.6. The van der Waals surface area contributed by atoms with Gasteiger partial charge in [-0.15, -0.1) is 4.40 Å². The van der Waals surface area contributed by atoms with E-state index in [1.54, 1.807) is 12.1 Å². The van der Waals surface area contributed by atoms with E-state index in [1.807, 2.05) is 37.6 Å². The maximum Gasteiger partial charge on any atom is 0.285 e. The predicted octanol–water partition coefficient (Wildman–Crippen LogP) is 3.15. The van der Waals surface area contributed by atoms with Crippen molar-refractivity contribution in [2.75, 3.05) is 7.11 Å². The number of hydrogen-bond donors (Lipinski definition) is 0. The number of fused-ring (bicyclic) bond motifs is 1. The molecule has 0 radical (unpaired) electrons. The largest absolute Gasteiger partial charge is 0.497 e. The summed E-state index contributed by atoms with van der Waals surface area (Å²) in [4.78, 5) is 0.600. The van der Waals surface area contributed by atoms with Gasteiger partial charge >= 0.3 is 0 Å². The average Bonchev–Trinajstić information content (AvgIpc) is 2.87. The molecule has 5 nitrogen and oxygen atoms in total. The Labute approximate surface area is 144 Å². The van der Waals surface area contributed by atoms with E-state index in [0.29, 0.717) is 10.6 Å². The highest BCUT2D eigenvalue weighted by atomic mass is 32.2. The number of sulfonamides is 1. The summed E-state index contributed by atoms with van der Waals surface area (Å²) < 4.78 is 37.1. The minimum Gasteiger partial charge on any atom is -0.497 e. The van der Waals surface area contributed by atoms with Crippen molar-refractivity contribution in [1.29, 1.82) is 0 Å². The van der Waals surface area contributed by atoms with Gasteiger partial charge in [0.05, 0.1) is 22.2 Å². The Balaban J connectivity index is 2.18. The molecule has 0 saturated carbocycles. The van der Waals surface area contributed by atoms with E-state index in [1.165, 1.54) is 36.1 Å². The number of benzene rings is 2. The highest BCUT2D eigenvalue weighted by molar-refractivity contribution is 7.90. The molecule has 24 heavy (non-hydrogen) atoms. The standard InChI is InChI=1S/C17H18N2O3S2/c1-11-5-10-15-16(12(11)2)19(3)17(23-15)18-24(20,21)14-8-6-13(22-4)7-9-14/h5-10H,1-4H3. The zero-order valence-corrected chi connectivity index (χ0v) is 15.5. The minimum atomic E-state index is -3.77. The van der Waals surface area contributed by atoms with Crippen LogP contribution in [0, 0.1) is 13.8 Å². The van der Waals surface area contributed by atoms with Gasteiger partial charge in [0, 0.05) is 7.05 Å². The fourth-order valence-corrected chi connectivity index (χ4v) is 4.83. The van der Waals surface area contributed by atoms with Gasteiger partial charge in [-0.05, 0) is 55.3 Å². The summed E-state index contributed by atoms with van der Waals surface area (Å²) in [6.45, 7) is 4.07. The first-order chi connectivity index (χ1) is 11.3. The molecule has 0 unspecified atom stereocenters. The molecule has 0 aliphatic heterocycles. The lowest BCUT2D eigenvalue weighted by Gasteiger charge is -2.04. The third-order valence-corrected chi connectivity index (χ3v) is 6.54. The number of hydrogen-bond acceptors (Lipinski definition) is 4. The second-order valence-corrected chi connectivity index (χ2v) is 8.15. The minimum absolute atomic E-state index is 0.147. The SMILES string of the molecule is COc1ccc(S(=O)(=O)N=c2sc3ccc(C)c(C)c3n2C)cc1. The molecule has 1 aromatic heterocycles. The van der Waals surface area contributed by atoms with E-state index >= 15 is 0 Å². The lowest BCUT2D eigenvalue weighted by molar-refractivity contribution is 0.414. The summed E-state index contributed by atoms with van der Waals surface area (Å²) in [6.07, 6.45) is 0. The Kier molecular flexibility index (Phi) is 4.23. The van der Waals surface area contributed by atoms with Gasteiger partial charge in [0.2, 0.25) is 4.80 Å². The highest BCUT2D eigenvalue weighted by Gasteiger charge is 2.15. The van der Waals surface area contributed by atoms with Crippen LogP contribution in [0.4, 0.5) is 0 Å². The highest BCUT2D eigenvalue weighted by Crippen LogP contribution is 2.23. The first-order valence-corrected chi connectivity index (χ1v) is 9.60. The summed E-state index contributed by atoms with van der Waals surface area (Å²) in [7, 11) is -0.394. The van der Waals surface area contributed by atoms with Crippen molar-refractivity contribution in [2.24, 2.45) is 11.4 Å². The number of aryl methyl sites for hydroxylation is 3. The van der Waals surface area contributed by atoms with E-state index in [9.17, 15) is 8.42 Å². The molecule has 0 N–H and O–H groups in total. The zero-order valence-electron chi connectivity index (χ0n) is 13.9. The number of methoxy groups -OCH3 is 1. The first kappa shape index (κ1) is 16.7. The summed E-state index contributed by atoms with van der Waals surface area (Å²) in [5.41, 5.74) is 3.32. The zero-order chi connectivity index (χ0) is 17.5. The van der Waals surface area contributed by atoms with Crippen LogP contribution in [0.2, 0.25) is 0 Å². The monoisotopic (exact) mass is 362 g/mol. The lowest BCUT2D eigenvalue weighted by atomic mass is 10.1. The molecule has 0 aliphatic rings. The second-order valence-electron chi connectivity index (χ2n) is 5.54. The van der Waals surface area contributed by atoms with Gasteiger partial charge in [-0.25, -0.2) is 0 Å². The van der Waals surface area contributed by atoms with E-state index in [4.69, 9.17) is 4.74 Å². The van der Waals surface area contributed by atoms with E-state index in [2.05, 4.69) is 4.40 Å². The van der Waals surface area contributed by atoms with Crippen LogP contribution in [0.15, 0.2) is 45.7 Å². The van der Waals surface area contributed by atoms with Crippen LogP contribution >= 0.6 is 11.3 Å². The third-order valence-electron chi connectivity index (χ3n) is 4.04. The molecular weight excluding hydrogens is 344 g/mol. The lowest BCUT2D eigenvalue weighted by Crippen LogP contribution is -2.14. The van der Waals surface area contributed by atoms with Gasteiger partial charge in [-0.1, -0.05) is 17.4 Å². The number of aromatic nitrogens is 1. The van der Waals surface area contributed by atoms with Crippen molar-refractivity contribution in [1.82, 2.24) is 4.57 Å². The second kappa shape index (κ2) is 6.07. The van der Waals surface area contributed by atoms with Crippen molar-refractivity contribution < 1.29 is 13.2 Å². The summed E-state index contributed by atoms with van der Waals surface area (Å²) >= 11 is 1.37. The Morgan fingerprint density at radius 2 is 1.75 bits per heavy atom. The molecule has 0 atom stereocenters. The third kappa shape index (κ3) is 2.85. The normalized spacial score (nSPS) is 12.8. The van der Waals surface area contributed by atoms with Crippen molar-refractivity contribution in [2.45, 2.75) is 18.7 Å². The number of thiazole rings is 1. The Morgan fingerprint density at radius 3 is 2.38 bits per heavy atom. The number of nitrogens with zero attached hydrogens (tertiary/aromatic N) is 2. The quantitative estimate of drug-likeness (QED) is 0.719. The van der Waals surface area contributed by atoms with Gasteiger partial charge in [-0.2, -0.15) is 8.42 Å². The van der Waals surface area contributed by atoms with Crippen LogP contribution in [-0.4, -0.2) is 20.1 Å². The smallest absolute Gasteiger partial charge is 0.285 e. The predicted molar refractivity (Wildman–Crippen MR) is 96.0 cm³/mol. The molecule has 3 aromatic rings. The fraction of sp³-hybridized carbons (Fsp3) is 0.235. The topological polar surface area (TPSA) is 60.7 Å². The van der Waals surface area contributed by atoms with Gasteiger partial charge in [0.25, 0.3) is 10.0 Å². The first-order valence-electron chi connectivity index (χ1n) is 7.34. The Morgan fingerprint density at radius 1 is 1.08 bits per heavy atom.